The van der Waals surface area contributed by atoms with Crippen LogP contribution in [0.5, 0.6) is 5.75 Å². The molecule has 1 aromatic heterocycles. The molecule has 0 bridgehead atoms. The van der Waals surface area contributed by atoms with E-state index in [1.165, 1.54) is 32.5 Å². The van der Waals surface area contributed by atoms with Gasteiger partial charge < -0.3 is 9.64 Å². The lowest BCUT2D eigenvalue weighted by atomic mass is 9.98. The van der Waals surface area contributed by atoms with Gasteiger partial charge in [-0.3, -0.25) is 15.8 Å². The van der Waals surface area contributed by atoms with Crippen LogP contribution in [0.1, 0.15) is 12.8 Å². The molecule has 1 aromatic rings. The van der Waals surface area contributed by atoms with Crippen molar-refractivity contribution in [2.24, 2.45) is 11.8 Å². The van der Waals surface area contributed by atoms with E-state index in [1.807, 2.05) is 12.1 Å². The molecular formula is C15H22N4O. The zero-order valence-corrected chi connectivity index (χ0v) is 11.7. The van der Waals surface area contributed by atoms with Gasteiger partial charge in [0.05, 0.1) is 12.2 Å². The average Bonchev–Trinajstić information content (AvgIpc) is 3.07. The van der Waals surface area contributed by atoms with Gasteiger partial charge in [0.1, 0.15) is 12.4 Å². The average molecular weight is 274 g/mol. The summed E-state index contributed by atoms with van der Waals surface area (Å²) in [5.41, 5.74) is 6.84. The molecule has 2 N–H and O–H groups in total. The Bertz CT molecular complexity index is 450. The van der Waals surface area contributed by atoms with Gasteiger partial charge in [-0.2, -0.15) is 0 Å². The van der Waals surface area contributed by atoms with Crippen LogP contribution < -0.4 is 15.6 Å². The first kappa shape index (κ1) is 12.6. The van der Waals surface area contributed by atoms with Crippen LogP contribution in [-0.2, 0) is 0 Å². The number of hydrogen-bond donors (Lipinski definition) is 2. The van der Waals surface area contributed by atoms with E-state index in [-0.39, 0.29) is 0 Å². The topological polar surface area (TPSA) is 49.4 Å². The highest BCUT2D eigenvalue weighted by Crippen LogP contribution is 2.33. The van der Waals surface area contributed by atoms with E-state index in [4.69, 9.17) is 4.74 Å². The smallest absolute Gasteiger partial charge is 0.137 e. The molecule has 2 saturated heterocycles. The maximum Gasteiger partial charge on any atom is 0.137 e. The second kappa shape index (κ2) is 5.31. The highest BCUT2D eigenvalue weighted by molar-refractivity contribution is 5.15. The van der Waals surface area contributed by atoms with E-state index in [9.17, 15) is 0 Å². The first-order chi connectivity index (χ1) is 9.88. The number of nitrogens with one attached hydrogen (secondary N) is 2. The van der Waals surface area contributed by atoms with Crippen LogP contribution in [-0.4, -0.2) is 48.2 Å². The van der Waals surface area contributed by atoms with E-state index in [0.717, 1.165) is 11.7 Å². The Morgan fingerprint density at radius 1 is 1.30 bits per heavy atom. The van der Waals surface area contributed by atoms with Crippen molar-refractivity contribution in [1.29, 1.82) is 0 Å². The standard InChI is InChI=1S/C15H22N4O/c1-2-12(6-16-5-1)20-10-15-13-8-19(7-11-3-4-11)9-14(13)17-18-15/h1-2,5-6,11,13-15,17-18H,3-4,7-10H2. The Morgan fingerprint density at radius 3 is 3.05 bits per heavy atom. The van der Waals surface area contributed by atoms with Crippen LogP contribution >= 0.6 is 0 Å². The number of likely N-dealkylation sites (tertiary alicyclic amines) is 1. The van der Waals surface area contributed by atoms with Crippen molar-refractivity contribution < 1.29 is 4.74 Å². The van der Waals surface area contributed by atoms with Crippen LogP contribution in [0, 0.1) is 11.8 Å². The molecule has 3 fully saturated rings. The molecule has 0 spiro atoms. The maximum absolute atomic E-state index is 5.84. The minimum atomic E-state index is 0.393. The quantitative estimate of drug-likeness (QED) is 0.825. The van der Waals surface area contributed by atoms with Gasteiger partial charge in [-0.15, -0.1) is 0 Å². The number of nitrogens with zero attached hydrogens (tertiary/aromatic N) is 2. The second-order valence-corrected chi connectivity index (χ2v) is 6.33. The molecule has 1 aliphatic carbocycles. The van der Waals surface area contributed by atoms with E-state index >= 15 is 0 Å². The van der Waals surface area contributed by atoms with Gasteiger partial charge in [-0.05, 0) is 30.9 Å². The molecule has 0 radical (unpaired) electrons. The van der Waals surface area contributed by atoms with Gasteiger partial charge >= 0.3 is 0 Å². The molecule has 2 aliphatic heterocycles. The van der Waals surface area contributed by atoms with Gasteiger partial charge in [0.25, 0.3) is 0 Å². The highest BCUT2D eigenvalue weighted by atomic mass is 16.5. The number of ether oxygens (including phenoxy) is 1. The zero-order valence-electron chi connectivity index (χ0n) is 11.7. The van der Waals surface area contributed by atoms with Gasteiger partial charge in [0.15, 0.2) is 0 Å². The number of rotatable bonds is 5. The van der Waals surface area contributed by atoms with Crippen LogP contribution in [0.25, 0.3) is 0 Å². The van der Waals surface area contributed by atoms with E-state index in [2.05, 4.69) is 20.7 Å². The third-order valence-electron chi connectivity index (χ3n) is 4.69. The Labute approximate surface area is 119 Å². The summed E-state index contributed by atoms with van der Waals surface area (Å²) < 4.78 is 5.84. The van der Waals surface area contributed by atoms with Crippen molar-refractivity contribution in [2.45, 2.75) is 24.9 Å². The monoisotopic (exact) mass is 274 g/mol. The molecule has 4 rings (SSSR count). The molecule has 20 heavy (non-hydrogen) atoms. The van der Waals surface area contributed by atoms with E-state index in [1.54, 1.807) is 12.4 Å². The van der Waals surface area contributed by atoms with Crippen molar-refractivity contribution >= 4 is 0 Å². The third kappa shape index (κ3) is 2.66. The zero-order chi connectivity index (χ0) is 13.4. The Hall–Kier alpha value is -1.17. The first-order valence-electron chi connectivity index (χ1n) is 7.65. The van der Waals surface area contributed by atoms with Crippen LogP contribution in [0.4, 0.5) is 0 Å². The van der Waals surface area contributed by atoms with Crippen LogP contribution in [0.2, 0.25) is 0 Å². The summed E-state index contributed by atoms with van der Waals surface area (Å²) in [6.07, 6.45) is 6.41. The molecule has 0 amide bonds. The fourth-order valence-electron chi connectivity index (χ4n) is 3.39. The molecule has 108 valence electrons. The molecule has 3 unspecified atom stereocenters. The van der Waals surface area contributed by atoms with Crippen LogP contribution in [0.3, 0.4) is 0 Å². The lowest BCUT2D eigenvalue weighted by Gasteiger charge is -2.20. The molecule has 3 heterocycles. The maximum atomic E-state index is 5.84. The lowest BCUT2D eigenvalue weighted by Crippen LogP contribution is -2.41. The molecule has 3 atom stereocenters. The Kier molecular flexibility index (Phi) is 3.34. The van der Waals surface area contributed by atoms with Gasteiger partial charge in [-0.1, -0.05) is 0 Å². The van der Waals surface area contributed by atoms with Gasteiger partial charge in [0, 0.05) is 37.8 Å². The largest absolute Gasteiger partial charge is 0.490 e. The minimum absolute atomic E-state index is 0.393. The number of hydrazine groups is 1. The normalized spacial score (nSPS) is 33.3. The predicted molar refractivity (Wildman–Crippen MR) is 76.2 cm³/mol. The van der Waals surface area contributed by atoms with Gasteiger partial charge in [-0.25, -0.2) is 0 Å². The van der Waals surface area contributed by atoms with Crippen molar-refractivity contribution in [2.75, 3.05) is 26.2 Å². The number of hydrogen-bond acceptors (Lipinski definition) is 5. The summed E-state index contributed by atoms with van der Waals surface area (Å²) in [5.74, 6) is 2.49. The van der Waals surface area contributed by atoms with Crippen molar-refractivity contribution in [3.8, 4) is 5.75 Å². The van der Waals surface area contributed by atoms with Crippen molar-refractivity contribution in [1.82, 2.24) is 20.7 Å². The summed E-state index contributed by atoms with van der Waals surface area (Å²) >= 11 is 0. The van der Waals surface area contributed by atoms with Crippen molar-refractivity contribution in [3.63, 3.8) is 0 Å². The predicted octanol–water partition coefficient (Wildman–Crippen LogP) is 0.647. The fourth-order valence-corrected chi connectivity index (χ4v) is 3.39. The molecule has 0 aromatic carbocycles. The number of pyridine rings is 1. The van der Waals surface area contributed by atoms with Gasteiger partial charge in [0.2, 0.25) is 0 Å². The summed E-state index contributed by atoms with van der Waals surface area (Å²) in [4.78, 5) is 6.70. The van der Waals surface area contributed by atoms with Crippen LogP contribution in [0.15, 0.2) is 24.5 Å². The lowest BCUT2D eigenvalue weighted by molar-refractivity contribution is 0.225. The summed E-state index contributed by atoms with van der Waals surface area (Å²) in [6, 6.07) is 4.84. The summed E-state index contributed by atoms with van der Waals surface area (Å²) in [6.45, 7) is 4.38. The molecule has 5 heteroatoms. The molecule has 1 saturated carbocycles. The SMILES string of the molecule is c1cncc(OCC2NNC3CN(CC4CC4)CC23)c1. The number of aromatic nitrogens is 1. The fraction of sp³-hybridized carbons (Fsp3) is 0.667. The first-order valence-corrected chi connectivity index (χ1v) is 7.65. The molecule has 3 aliphatic rings. The second-order valence-electron chi connectivity index (χ2n) is 6.33. The number of fused-ring (bicyclic) bond motifs is 1. The van der Waals surface area contributed by atoms with E-state index < -0.39 is 0 Å². The Balaban J connectivity index is 1.31. The third-order valence-corrected chi connectivity index (χ3v) is 4.69. The minimum Gasteiger partial charge on any atom is -0.490 e. The highest BCUT2D eigenvalue weighted by Gasteiger charge is 2.43. The Morgan fingerprint density at radius 2 is 2.25 bits per heavy atom. The molecule has 5 nitrogen and oxygen atoms in total. The van der Waals surface area contributed by atoms with Crippen molar-refractivity contribution in [3.05, 3.63) is 24.5 Å². The summed E-state index contributed by atoms with van der Waals surface area (Å²) in [5, 5.41) is 0. The molecular weight excluding hydrogens is 252 g/mol. The summed E-state index contributed by atoms with van der Waals surface area (Å²) in [7, 11) is 0. The van der Waals surface area contributed by atoms with E-state index in [0.29, 0.717) is 24.6 Å².